The first-order chi connectivity index (χ1) is 8.79. The fourth-order valence-electron chi connectivity index (χ4n) is 2.43. The molecule has 1 aromatic rings. The number of aromatic amines is 1. The Kier molecular flexibility index (Phi) is 3.69. The van der Waals surface area contributed by atoms with Crippen molar-refractivity contribution in [2.45, 2.75) is 18.6 Å². The second-order valence-corrected chi connectivity index (χ2v) is 6.21. The number of ether oxygens (including phenoxy) is 1. The molecule has 1 fully saturated rings. The topological polar surface area (TPSA) is 82.2 Å². The number of carboxylic acid groups (broad SMARTS) is 1. The number of hydrogen-bond donors (Lipinski definition) is 1. The van der Waals surface area contributed by atoms with Gasteiger partial charge in [0.2, 0.25) is 0 Å². The largest absolute Gasteiger partial charge is 0.544 e. The Bertz CT molecular complexity index is 512. The molecule has 1 aliphatic rings. The van der Waals surface area contributed by atoms with Gasteiger partial charge in [-0.05, 0) is 22.0 Å². The molecule has 0 bridgehead atoms. The fourth-order valence-corrected chi connectivity index (χ4v) is 2.77. The van der Waals surface area contributed by atoms with Gasteiger partial charge >= 0.3 is 5.97 Å². The number of H-pyrrole nitrogens is 1. The highest BCUT2D eigenvalue weighted by atomic mass is 79.9. The van der Waals surface area contributed by atoms with Gasteiger partial charge in [-0.25, -0.2) is 4.79 Å². The molecule has 104 valence electrons. The Morgan fingerprint density at radius 3 is 2.68 bits per heavy atom. The summed E-state index contributed by atoms with van der Waals surface area (Å²) < 4.78 is 6.35. The lowest BCUT2D eigenvalue weighted by molar-refractivity contribution is -0.896. The molecule has 2 heterocycles. The Morgan fingerprint density at radius 1 is 1.53 bits per heavy atom. The molecular formula is C12H15BrN2O4. The molecule has 2 atom stereocenters. The van der Waals surface area contributed by atoms with Crippen molar-refractivity contribution in [3.05, 3.63) is 22.4 Å². The molecule has 7 heteroatoms. The molecule has 1 saturated heterocycles. The Morgan fingerprint density at radius 2 is 2.21 bits per heavy atom. The van der Waals surface area contributed by atoms with E-state index in [1.165, 1.54) is 0 Å². The summed E-state index contributed by atoms with van der Waals surface area (Å²) >= 11 is 3.23. The zero-order valence-electron chi connectivity index (χ0n) is 10.7. The van der Waals surface area contributed by atoms with Crippen molar-refractivity contribution in [1.82, 2.24) is 4.98 Å². The first-order valence-electron chi connectivity index (χ1n) is 5.88. The second-order valence-electron chi connectivity index (χ2n) is 5.29. The normalized spacial score (nSPS) is 25.2. The number of nitrogens with zero attached hydrogens (tertiary/aromatic N) is 1. The van der Waals surface area contributed by atoms with E-state index in [0.717, 1.165) is 4.47 Å². The lowest BCUT2D eigenvalue weighted by atomic mass is 10.2. The molecule has 0 spiro atoms. The van der Waals surface area contributed by atoms with E-state index in [-0.39, 0.29) is 10.9 Å². The number of nitrogens with one attached hydrogen (secondary N) is 1. The minimum absolute atomic E-state index is 0.259. The van der Waals surface area contributed by atoms with Crippen LogP contribution in [-0.2, 0) is 9.53 Å². The fraction of sp³-hybridized carbons (Fsp3) is 0.500. The summed E-state index contributed by atoms with van der Waals surface area (Å²) in [5.41, 5.74) is 0.342. The number of likely N-dealkylation sites (N-methyl/N-ethyl adjacent to an activating group) is 1. The minimum atomic E-state index is -1.11. The van der Waals surface area contributed by atoms with Gasteiger partial charge in [0.05, 0.1) is 20.1 Å². The summed E-state index contributed by atoms with van der Waals surface area (Å²) in [5.74, 6) is -1.58. The molecule has 0 radical (unpaired) electrons. The average molecular weight is 331 g/mol. The zero-order valence-corrected chi connectivity index (χ0v) is 12.3. The predicted octanol–water partition coefficient (Wildman–Crippen LogP) is -0.0988. The van der Waals surface area contributed by atoms with Crippen molar-refractivity contribution in [2.24, 2.45) is 0 Å². The van der Waals surface area contributed by atoms with Crippen molar-refractivity contribution in [3.8, 4) is 0 Å². The number of halogens is 1. The zero-order chi connectivity index (χ0) is 14.2. The highest BCUT2D eigenvalue weighted by Crippen LogP contribution is 2.25. The van der Waals surface area contributed by atoms with Crippen LogP contribution in [0.2, 0.25) is 0 Å². The van der Waals surface area contributed by atoms with Gasteiger partial charge in [-0.2, -0.15) is 0 Å². The Labute approximate surface area is 119 Å². The molecule has 0 unspecified atom stereocenters. The standard InChI is InChI=1S/C12H15BrN2O4/c1-15(2)6-8(4-10(15)11(16)17)19-12(18)9-3-7(13)5-14-9/h3,5,8,10H,4,6H2,1-2H3,(H-,14,16,17,18)/t8-,10-/m1/s1. The van der Waals surface area contributed by atoms with Crippen LogP contribution in [0.3, 0.4) is 0 Å². The van der Waals surface area contributed by atoms with Crippen LogP contribution in [0.4, 0.5) is 0 Å². The van der Waals surface area contributed by atoms with Gasteiger partial charge < -0.3 is 24.1 Å². The highest BCUT2D eigenvalue weighted by molar-refractivity contribution is 9.10. The Hall–Kier alpha value is -1.34. The number of carboxylic acids is 1. The molecule has 0 saturated carbocycles. The van der Waals surface area contributed by atoms with E-state index >= 15 is 0 Å². The summed E-state index contributed by atoms with van der Waals surface area (Å²) in [6.45, 7) is 0.465. The van der Waals surface area contributed by atoms with E-state index in [9.17, 15) is 14.7 Å². The number of quaternary nitrogens is 1. The van der Waals surface area contributed by atoms with Gasteiger partial charge in [-0.3, -0.25) is 0 Å². The second kappa shape index (κ2) is 4.97. The van der Waals surface area contributed by atoms with Gasteiger partial charge in [0.1, 0.15) is 18.3 Å². The monoisotopic (exact) mass is 330 g/mol. The first-order valence-corrected chi connectivity index (χ1v) is 6.67. The van der Waals surface area contributed by atoms with E-state index in [4.69, 9.17) is 4.74 Å². The molecule has 0 aliphatic carbocycles. The third-order valence-electron chi connectivity index (χ3n) is 3.42. The van der Waals surface area contributed by atoms with Gasteiger partial charge in [0.15, 0.2) is 6.10 Å². The van der Waals surface area contributed by atoms with E-state index in [1.54, 1.807) is 26.4 Å². The van der Waals surface area contributed by atoms with Crippen LogP contribution in [0.15, 0.2) is 16.7 Å². The van der Waals surface area contributed by atoms with E-state index < -0.39 is 24.1 Å². The van der Waals surface area contributed by atoms with Crippen LogP contribution in [0.1, 0.15) is 16.9 Å². The molecule has 0 aromatic carbocycles. The molecule has 1 aliphatic heterocycles. The number of aliphatic carboxylic acids is 1. The van der Waals surface area contributed by atoms with Gasteiger partial charge in [0.25, 0.3) is 0 Å². The smallest absolute Gasteiger partial charge is 0.355 e. The molecule has 1 N–H and O–H groups in total. The molecular weight excluding hydrogens is 316 g/mol. The number of likely N-dealkylation sites (tertiary alicyclic amines) is 1. The van der Waals surface area contributed by atoms with E-state index in [0.29, 0.717) is 12.2 Å². The number of aromatic nitrogens is 1. The third kappa shape index (κ3) is 2.98. The van der Waals surface area contributed by atoms with Crippen molar-refractivity contribution in [3.63, 3.8) is 0 Å². The third-order valence-corrected chi connectivity index (χ3v) is 3.88. The van der Waals surface area contributed by atoms with Crippen LogP contribution in [0.25, 0.3) is 0 Å². The van der Waals surface area contributed by atoms with Gasteiger partial charge in [-0.1, -0.05) is 0 Å². The SMILES string of the molecule is C[N+]1(C)C[C@H](OC(=O)c2cc(Br)c[nH]2)C[C@@H]1C(=O)[O-]. The Balaban J connectivity index is 2.02. The molecule has 0 amide bonds. The van der Waals surface area contributed by atoms with Crippen molar-refractivity contribution < 1.29 is 23.9 Å². The minimum Gasteiger partial charge on any atom is -0.544 e. The van der Waals surface area contributed by atoms with Crippen LogP contribution in [0.5, 0.6) is 0 Å². The summed E-state index contributed by atoms with van der Waals surface area (Å²) in [4.78, 5) is 25.7. The van der Waals surface area contributed by atoms with Crippen LogP contribution in [0, 0.1) is 0 Å². The average Bonchev–Trinajstić information content (AvgIpc) is 2.82. The van der Waals surface area contributed by atoms with E-state index in [1.807, 2.05) is 0 Å². The quantitative estimate of drug-likeness (QED) is 0.619. The lowest BCUT2D eigenvalue weighted by Gasteiger charge is -2.31. The number of hydrogen-bond acceptors (Lipinski definition) is 4. The van der Waals surface area contributed by atoms with Crippen LogP contribution < -0.4 is 5.11 Å². The van der Waals surface area contributed by atoms with Crippen LogP contribution >= 0.6 is 15.9 Å². The number of carbonyl (C=O) groups excluding carboxylic acids is 2. The maximum absolute atomic E-state index is 11.9. The summed E-state index contributed by atoms with van der Waals surface area (Å²) in [6, 6.07) is 0.973. The van der Waals surface area contributed by atoms with Crippen molar-refractivity contribution >= 4 is 27.9 Å². The molecule has 2 rings (SSSR count). The highest BCUT2D eigenvalue weighted by Gasteiger charge is 2.43. The number of esters is 1. The van der Waals surface area contributed by atoms with Gasteiger partial charge in [-0.15, -0.1) is 0 Å². The lowest BCUT2D eigenvalue weighted by Crippen LogP contribution is -2.53. The summed E-state index contributed by atoms with van der Waals surface area (Å²) in [5, 5.41) is 11.0. The van der Waals surface area contributed by atoms with E-state index in [2.05, 4.69) is 20.9 Å². The molecule has 6 nitrogen and oxygen atoms in total. The maximum atomic E-state index is 11.9. The number of rotatable bonds is 3. The molecule has 19 heavy (non-hydrogen) atoms. The van der Waals surface area contributed by atoms with Crippen LogP contribution in [-0.4, -0.2) is 54.2 Å². The first kappa shape index (κ1) is 14.1. The summed E-state index contributed by atoms with van der Waals surface area (Å²) in [7, 11) is 3.58. The predicted molar refractivity (Wildman–Crippen MR) is 68.1 cm³/mol. The number of carbonyl (C=O) groups is 2. The molecule has 1 aromatic heterocycles. The van der Waals surface area contributed by atoms with Crippen molar-refractivity contribution in [1.29, 1.82) is 0 Å². The summed E-state index contributed by atoms with van der Waals surface area (Å²) in [6.07, 6.45) is 1.51. The van der Waals surface area contributed by atoms with Crippen molar-refractivity contribution in [2.75, 3.05) is 20.6 Å². The van der Waals surface area contributed by atoms with Gasteiger partial charge in [0, 0.05) is 17.1 Å². The maximum Gasteiger partial charge on any atom is 0.355 e.